The predicted molar refractivity (Wildman–Crippen MR) is 63.2 cm³/mol. The number of hydrogen-bond donors (Lipinski definition) is 2. The lowest BCUT2D eigenvalue weighted by Crippen LogP contribution is -2.27. The van der Waals surface area contributed by atoms with Crippen molar-refractivity contribution >= 4 is 23.4 Å². The third kappa shape index (κ3) is 2.87. The second-order valence-electron chi connectivity index (χ2n) is 3.34. The normalized spacial score (nSPS) is 9.76. The molecule has 0 fully saturated rings. The van der Waals surface area contributed by atoms with Gasteiger partial charge >= 0.3 is 12.1 Å². The van der Waals surface area contributed by atoms with Crippen LogP contribution < -0.4 is 10.6 Å². The molecule has 0 saturated heterocycles. The molecule has 0 aliphatic carbocycles. The van der Waals surface area contributed by atoms with Gasteiger partial charge in [0.15, 0.2) is 0 Å². The molecule has 0 heterocycles. The summed E-state index contributed by atoms with van der Waals surface area (Å²) in [7, 11) is 1.50. The minimum Gasteiger partial charge on any atom is -0.478 e. The van der Waals surface area contributed by atoms with Crippen LogP contribution in [0.25, 0.3) is 0 Å². The Morgan fingerprint density at radius 3 is 2.59 bits per heavy atom. The number of carbonyl (C=O) groups is 2. The first kappa shape index (κ1) is 12.8. The van der Waals surface area contributed by atoms with Crippen molar-refractivity contribution in [3.63, 3.8) is 0 Å². The number of nitrogen functional groups attached to an aromatic ring is 1. The zero-order valence-corrected chi connectivity index (χ0v) is 9.64. The van der Waals surface area contributed by atoms with Crippen LogP contribution >= 0.6 is 0 Å². The summed E-state index contributed by atoms with van der Waals surface area (Å²) in [4.78, 5) is 23.4. The highest BCUT2D eigenvalue weighted by Crippen LogP contribution is 2.23. The summed E-state index contributed by atoms with van der Waals surface area (Å²) in [5.41, 5.74) is 6.37. The number of anilines is 2. The fourth-order valence-corrected chi connectivity index (χ4v) is 1.31. The van der Waals surface area contributed by atoms with E-state index in [0.29, 0.717) is 5.69 Å². The van der Waals surface area contributed by atoms with E-state index < -0.39 is 12.1 Å². The maximum atomic E-state index is 11.4. The Bertz CT molecular complexity index is 445. The lowest BCUT2D eigenvalue weighted by Gasteiger charge is -2.18. The fraction of sp³-hybridized carbons (Fsp3) is 0.273. The number of nitrogens with two attached hydrogens (primary N) is 1. The highest BCUT2D eigenvalue weighted by atomic mass is 16.6. The van der Waals surface area contributed by atoms with Gasteiger partial charge in [0, 0.05) is 7.05 Å². The second kappa shape index (κ2) is 5.20. The lowest BCUT2D eigenvalue weighted by molar-refractivity contribution is 0.0697. The predicted octanol–water partition coefficient (Wildman–Crippen LogP) is 1.56. The SMILES string of the molecule is CCOC(=O)N(C)c1ccc(C(=O)O)cc1N. The number of carboxylic acid groups (broad SMARTS) is 1. The van der Waals surface area contributed by atoms with Crippen molar-refractivity contribution in [3.05, 3.63) is 23.8 Å². The van der Waals surface area contributed by atoms with E-state index >= 15 is 0 Å². The lowest BCUT2D eigenvalue weighted by atomic mass is 10.1. The van der Waals surface area contributed by atoms with Gasteiger partial charge in [0.2, 0.25) is 0 Å². The molecule has 0 radical (unpaired) electrons. The molecule has 0 aliphatic heterocycles. The number of rotatable bonds is 3. The van der Waals surface area contributed by atoms with Crippen molar-refractivity contribution in [2.45, 2.75) is 6.92 Å². The first-order valence-corrected chi connectivity index (χ1v) is 5.00. The molecule has 3 N–H and O–H groups in total. The van der Waals surface area contributed by atoms with Gasteiger partial charge in [-0.05, 0) is 25.1 Å². The minimum absolute atomic E-state index is 0.0727. The Hall–Kier alpha value is -2.24. The zero-order chi connectivity index (χ0) is 13.0. The van der Waals surface area contributed by atoms with Crippen molar-refractivity contribution in [2.75, 3.05) is 24.3 Å². The van der Waals surface area contributed by atoms with Gasteiger partial charge in [0.25, 0.3) is 0 Å². The molecule has 0 aromatic heterocycles. The second-order valence-corrected chi connectivity index (χ2v) is 3.34. The summed E-state index contributed by atoms with van der Waals surface area (Å²) in [6, 6.07) is 4.15. The monoisotopic (exact) mass is 238 g/mol. The largest absolute Gasteiger partial charge is 0.478 e. The number of nitrogens with zero attached hydrogens (tertiary/aromatic N) is 1. The number of carbonyl (C=O) groups excluding carboxylic acids is 1. The molecule has 6 heteroatoms. The van der Waals surface area contributed by atoms with E-state index in [0.717, 1.165) is 0 Å². The van der Waals surface area contributed by atoms with Crippen LogP contribution in [0.2, 0.25) is 0 Å². The van der Waals surface area contributed by atoms with Crippen LogP contribution in [0.1, 0.15) is 17.3 Å². The summed E-state index contributed by atoms with van der Waals surface area (Å²) in [6.07, 6.45) is -0.540. The molecular formula is C11H14N2O4. The van der Waals surface area contributed by atoms with Crippen molar-refractivity contribution in [3.8, 4) is 0 Å². The van der Waals surface area contributed by atoms with Crippen molar-refractivity contribution in [2.24, 2.45) is 0 Å². The average molecular weight is 238 g/mol. The molecule has 92 valence electrons. The number of aromatic carboxylic acids is 1. The van der Waals surface area contributed by atoms with Gasteiger partial charge in [-0.25, -0.2) is 9.59 Å². The van der Waals surface area contributed by atoms with E-state index in [1.165, 1.54) is 30.1 Å². The van der Waals surface area contributed by atoms with Gasteiger partial charge in [0.05, 0.1) is 23.5 Å². The third-order valence-corrected chi connectivity index (χ3v) is 2.18. The number of carboxylic acids is 1. The highest BCUT2D eigenvalue weighted by molar-refractivity contribution is 5.94. The average Bonchev–Trinajstić information content (AvgIpc) is 2.28. The smallest absolute Gasteiger partial charge is 0.414 e. The zero-order valence-electron chi connectivity index (χ0n) is 9.64. The van der Waals surface area contributed by atoms with Crippen LogP contribution in [0.5, 0.6) is 0 Å². The molecule has 1 amide bonds. The summed E-state index contributed by atoms with van der Waals surface area (Å²) in [5, 5.41) is 8.77. The van der Waals surface area contributed by atoms with E-state index in [9.17, 15) is 9.59 Å². The molecule has 17 heavy (non-hydrogen) atoms. The topological polar surface area (TPSA) is 92.9 Å². The molecule has 0 bridgehead atoms. The van der Waals surface area contributed by atoms with Crippen LogP contribution in [-0.4, -0.2) is 30.8 Å². The summed E-state index contributed by atoms with van der Waals surface area (Å²) in [5.74, 6) is -1.07. The molecule has 1 rings (SSSR count). The molecule has 0 unspecified atom stereocenters. The van der Waals surface area contributed by atoms with Gasteiger partial charge in [-0.3, -0.25) is 4.90 Å². The quantitative estimate of drug-likeness (QED) is 0.779. The van der Waals surface area contributed by atoms with Crippen LogP contribution in [0, 0.1) is 0 Å². The Kier molecular flexibility index (Phi) is 3.92. The molecule has 1 aromatic carbocycles. The Morgan fingerprint density at radius 1 is 1.47 bits per heavy atom. The van der Waals surface area contributed by atoms with Crippen LogP contribution in [0.3, 0.4) is 0 Å². The van der Waals surface area contributed by atoms with Crippen molar-refractivity contribution in [1.82, 2.24) is 0 Å². The third-order valence-electron chi connectivity index (χ3n) is 2.18. The van der Waals surface area contributed by atoms with Crippen molar-refractivity contribution in [1.29, 1.82) is 0 Å². The van der Waals surface area contributed by atoms with Gasteiger partial charge in [-0.15, -0.1) is 0 Å². The Labute approximate surface area is 98.6 Å². The number of ether oxygens (including phenoxy) is 1. The van der Waals surface area contributed by atoms with E-state index in [4.69, 9.17) is 15.6 Å². The number of amides is 1. The number of benzene rings is 1. The molecule has 0 spiro atoms. The Morgan fingerprint density at radius 2 is 2.12 bits per heavy atom. The first-order chi connectivity index (χ1) is 7.97. The van der Waals surface area contributed by atoms with Crippen LogP contribution in [-0.2, 0) is 4.74 Å². The minimum atomic E-state index is -1.07. The van der Waals surface area contributed by atoms with E-state index in [1.54, 1.807) is 6.92 Å². The molecule has 0 aliphatic rings. The molecule has 0 atom stereocenters. The maximum absolute atomic E-state index is 11.4. The van der Waals surface area contributed by atoms with Gasteiger partial charge in [-0.1, -0.05) is 0 Å². The molecule has 0 saturated carbocycles. The molecule has 6 nitrogen and oxygen atoms in total. The standard InChI is InChI=1S/C11H14N2O4/c1-3-17-11(16)13(2)9-5-4-7(10(14)15)6-8(9)12/h4-6H,3,12H2,1-2H3,(H,14,15). The van der Waals surface area contributed by atoms with Crippen molar-refractivity contribution < 1.29 is 19.4 Å². The maximum Gasteiger partial charge on any atom is 0.414 e. The van der Waals surface area contributed by atoms with E-state index in [1.807, 2.05) is 0 Å². The van der Waals surface area contributed by atoms with Gasteiger partial charge in [-0.2, -0.15) is 0 Å². The van der Waals surface area contributed by atoms with E-state index in [-0.39, 0.29) is 17.9 Å². The van der Waals surface area contributed by atoms with Crippen LogP contribution in [0.4, 0.5) is 16.2 Å². The molecule has 1 aromatic rings. The molecular weight excluding hydrogens is 224 g/mol. The summed E-state index contributed by atoms with van der Waals surface area (Å²) < 4.78 is 4.81. The fourth-order valence-electron chi connectivity index (χ4n) is 1.31. The number of hydrogen-bond acceptors (Lipinski definition) is 4. The highest BCUT2D eigenvalue weighted by Gasteiger charge is 2.15. The summed E-state index contributed by atoms with van der Waals surface area (Å²) in [6.45, 7) is 1.96. The van der Waals surface area contributed by atoms with Gasteiger partial charge < -0.3 is 15.6 Å². The van der Waals surface area contributed by atoms with E-state index in [2.05, 4.69) is 0 Å². The summed E-state index contributed by atoms with van der Waals surface area (Å²) >= 11 is 0. The first-order valence-electron chi connectivity index (χ1n) is 5.00. The Balaban J connectivity index is 2.99. The van der Waals surface area contributed by atoms with Gasteiger partial charge in [0.1, 0.15) is 0 Å². The van der Waals surface area contributed by atoms with Crippen LogP contribution in [0.15, 0.2) is 18.2 Å².